The van der Waals surface area contributed by atoms with Crippen molar-refractivity contribution in [1.82, 2.24) is 0 Å². The summed E-state index contributed by atoms with van der Waals surface area (Å²) >= 11 is 0. The smallest absolute Gasteiger partial charge is 0.314 e. The molecule has 1 N–H and O–H groups in total. The first-order chi connectivity index (χ1) is 4.70. The van der Waals surface area contributed by atoms with E-state index in [-0.39, 0.29) is 12.2 Å². The van der Waals surface area contributed by atoms with Gasteiger partial charge in [-0.2, -0.15) is 0 Å². The molecule has 1 atom stereocenters. The Morgan fingerprint density at radius 3 is 2.90 bits per heavy atom. The van der Waals surface area contributed by atoms with Gasteiger partial charge in [0.2, 0.25) is 0 Å². The van der Waals surface area contributed by atoms with Gasteiger partial charge in [-0.15, -0.1) is 0 Å². The van der Waals surface area contributed by atoms with Gasteiger partial charge in [0.15, 0.2) is 0 Å². The van der Waals surface area contributed by atoms with E-state index in [2.05, 4.69) is 0 Å². The summed E-state index contributed by atoms with van der Waals surface area (Å²) in [7, 11) is 0. The highest BCUT2D eigenvalue weighted by Crippen LogP contribution is 2.16. The fourth-order valence-corrected chi connectivity index (χ4v) is 0.799. The summed E-state index contributed by atoms with van der Waals surface area (Å²) in [6.45, 7) is 0. The number of allylic oxidation sites excluding steroid dienone is 2. The molecule has 0 radical (unpaired) electrons. The molecule has 3 heteroatoms. The molecular formula is C7H7FO2. The highest BCUT2D eigenvalue weighted by molar-refractivity contribution is 5.74. The average molecular weight is 142 g/mol. The number of rotatable bonds is 1. The molecule has 10 heavy (non-hydrogen) atoms. The van der Waals surface area contributed by atoms with Crippen LogP contribution in [0, 0.1) is 5.92 Å². The van der Waals surface area contributed by atoms with E-state index in [9.17, 15) is 9.18 Å². The van der Waals surface area contributed by atoms with Gasteiger partial charge in [0, 0.05) is 6.42 Å². The first-order valence-electron chi connectivity index (χ1n) is 2.96. The van der Waals surface area contributed by atoms with E-state index in [0.29, 0.717) is 0 Å². The molecule has 1 aliphatic rings. The second kappa shape index (κ2) is 2.64. The lowest BCUT2D eigenvalue weighted by Gasteiger charge is -2.05. The number of carboxylic acids is 1. The first kappa shape index (κ1) is 6.99. The molecule has 1 unspecified atom stereocenters. The Morgan fingerprint density at radius 1 is 1.80 bits per heavy atom. The largest absolute Gasteiger partial charge is 0.481 e. The third kappa shape index (κ3) is 1.43. The number of hydrogen-bond acceptors (Lipinski definition) is 1. The molecule has 0 bridgehead atoms. The monoisotopic (exact) mass is 142 g/mol. The lowest BCUT2D eigenvalue weighted by molar-refractivity contribution is -0.138. The summed E-state index contributed by atoms with van der Waals surface area (Å²) in [5.41, 5.74) is 0. The third-order valence-corrected chi connectivity index (χ3v) is 1.30. The maximum absolute atomic E-state index is 12.3. The van der Waals surface area contributed by atoms with Gasteiger partial charge < -0.3 is 5.11 Å². The zero-order valence-corrected chi connectivity index (χ0v) is 5.25. The normalized spacial score (nSPS) is 24.1. The van der Waals surface area contributed by atoms with Gasteiger partial charge in [-0.1, -0.05) is 12.2 Å². The van der Waals surface area contributed by atoms with E-state index < -0.39 is 11.9 Å². The summed E-state index contributed by atoms with van der Waals surface area (Å²) < 4.78 is 12.3. The fourth-order valence-electron chi connectivity index (χ4n) is 0.799. The molecule has 1 rings (SSSR count). The van der Waals surface area contributed by atoms with Crippen molar-refractivity contribution in [2.24, 2.45) is 5.92 Å². The molecule has 0 aromatic carbocycles. The highest BCUT2D eigenvalue weighted by atomic mass is 19.1. The molecule has 1 aliphatic carbocycles. The molecule has 0 aromatic heterocycles. The van der Waals surface area contributed by atoms with Crippen molar-refractivity contribution in [2.75, 3.05) is 0 Å². The molecule has 0 saturated carbocycles. The van der Waals surface area contributed by atoms with Crippen LogP contribution in [0.25, 0.3) is 0 Å². The number of halogens is 1. The number of aliphatic carboxylic acids is 1. The van der Waals surface area contributed by atoms with Crippen molar-refractivity contribution in [3.8, 4) is 0 Å². The Kier molecular flexibility index (Phi) is 1.85. The van der Waals surface area contributed by atoms with Crippen LogP contribution in [0.1, 0.15) is 6.42 Å². The molecule has 0 spiro atoms. The van der Waals surface area contributed by atoms with Gasteiger partial charge in [-0.05, 0) is 6.08 Å². The predicted molar refractivity (Wildman–Crippen MR) is 34.1 cm³/mol. The summed E-state index contributed by atoms with van der Waals surface area (Å²) in [6.07, 6.45) is 4.34. The van der Waals surface area contributed by atoms with E-state index in [1.54, 1.807) is 0 Å². The van der Waals surface area contributed by atoms with E-state index in [1.165, 1.54) is 12.2 Å². The average Bonchev–Trinajstić information content (AvgIpc) is 1.88. The van der Waals surface area contributed by atoms with Crippen LogP contribution >= 0.6 is 0 Å². The van der Waals surface area contributed by atoms with Crippen LogP contribution in [0.5, 0.6) is 0 Å². The van der Waals surface area contributed by atoms with Crippen LogP contribution in [0.3, 0.4) is 0 Å². The summed E-state index contributed by atoms with van der Waals surface area (Å²) in [5, 5.41) is 8.39. The maximum Gasteiger partial charge on any atom is 0.314 e. The van der Waals surface area contributed by atoms with Crippen molar-refractivity contribution in [3.63, 3.8) is 0 Å². The van der Waals surface area contributed by atoms with E-state index >= 15 is 0 Å². The van der Waals surface area contributed by atoms with E-state index in [0.717, 1.165) is 6.08 Å². The minimum absolute atomic E-state index is 0.226. The molecular weight excluding hydrogens is 135 g/mol. The summed E-state index contributed by atoms with van der Waals surface area (Å²) in [5.74, 6) is -2.14. The van der Waals surface area contributed by atoms with Gasteiger partial charge in [0.05, 0.1) is 5.92 Å². The van der Waals surface area contributed by atoms with E-state index in [4.69, 9.17) is 5.11 Å². The van der Waals surface area contributed by atoms with Crippen molar-refractivity contribution >= 4 is 5.97 Å². The van der Waals surface area contributed by atoms with Crippen LogP contribution in [0.15, 0.2) is 24.1 Å². The van der Waals surface area contributed by atoms with Crippen LogP contribution in [-0.4, -0.2) is 11.1 Å². The molecule has 54 valence electrons. The third-order valence-electron chi connectivity index (χ3n) is 1.30. The molecule has 0 fully saturated rings. The first-order valence-corrected chi connectivity index (χ1v) is 2.96. The van der Waals surface area contributed by atoms with Crippen molar-refractivity contribution in [3.05, 3.63) is 24.1 Å². The van der Waals surface area contributed by atoms with Crippen LogP contribution in [-0.2, 0) is 4.79 Å². The maximum atomic E-state index is 12.3. The fraction of sp³-hybridized carbons (Fsp3) is 0.286. The van der Waals surface area contributed by atoms with Gasteiger partial charge in [-0.25, -0.2) is 4.39 Å². The van der Waals surface area contributed by atoms with Crippen molar-refractivity contribution < 1.29 is 14.3 Å². The topological polar surface area (TPSA) is 37.3 Å². The lowest BCUT2D eigenvalue weighted by Crippen LogP contribution is -2.10. The molecule has 0 aromatic rings. The second-order valence-corrected chi connectivity index (χ2v) is 2.11. The van der Waals surface area contributed by atoms with Crippen molar-refractivity contribution in [1.29, 1.82) is 0 Å². The number of carboxylic acid groups (broad SMARTS) is 1. The van der Waals surface area contributed by atoms with Crippen LogP contribution in [0.2, 0.25) is 0 Å². The lowest BCUT2D eigenvalue weighted by atomic mass is 10.0. The summed E-state index contributed by atoms with van der Waals surface area (Å²) in [4.78, 5) is 10.2. The molecule has 2 nitrogen and oxygen atoms in total. The minimum Gasteiger partial charge on any atom is -0.481 e. The molecule has 0 amide bonds. The number of hydrogen-bond donors (Lipinski definition) is 1. The van der Waals surface area contributed by atoms with Crippen LogP contribution < -0.4 is 0 Å². The standard InChI is InChI=1S/C7H7FO2/c8-6-3-1-2-5(4-6)7(9)10/h1-2,4-5H,3H2,(H,9,10). The molecule has 0 heterocycles. The van der Waals surface area contributed by atoms with E-state index in [1.807, 2.05) is 0 Å². The Labute approximate surface area is 57.7 Å². The highest BCUT2D eigenvalue weighted by Gasteiger charge is 2.14. The second-order valence-electron chi connectivity index (χ2n) is 2.11. The zero-order valence-electron chi connectivity index (χ0n) is 5.25. The Balaban J connectivity index is 2.70. The van der Waals surface area contributed by atoms with Gasteiger partial charge >= 0.3 is 5.97 Å². The number of carbonyl (C=O) groups is 1. The minimum atomic E-state index is -1.01. The Hall–Kier alpha value is -1.12. The quantitative estimate of drug-likeness (QED) is 0.563. The van der Waals surface area contributed by atoms with Gasteiger partial charge in [-0.3, -0.25) is 4.79 Å². The zero-order chi connectivity index (χ0) is 7.56. The van der Waals surface area contributed by atoms with Crippen LogP contribution in [0.4, 0.5) is 4.39 Å². The molecule has 0 saturated heterocycles. The summed E-state index contributed by atoms with van der Waals surface area (Å²) in [6, 6.07) is 0. The SMILES string of the molecule is O=C(O)C1C=CCC(F)=C1. The molecule has 0 aliphatic heterocycles. The van der Waals surface area contributed by atoms with Crippen molar-refractivity contribution in [2.45, 2.75) is 6.42 Å². The predicted octanol–water partition coefficient (Wildman–Crippen LogP) is 1.50. The van der Waals surface area contributed by atoms with Gasteiger partial charge in [0.25, 0.3) is 0 Å². The Bertz CT molecular complexity index is 206. The van der Waals surface area contributed by atoms with Gasteiger partial charge in [0.1, 0.15) is 5.83 Å². The Morgan fingerprint density at radius 2 is 2.50 bits per heavy atom.